The van der Waals surface area contributed by atoms with Crippen LogP contribution in [0.4, 0.5) is 0 Å². The number of hydrogen-bond acceptors (Lipinski definition) is 6. The Balaban J connectivity index is 2.01. The monoisotopic (exact) mass is 302 g/mol. The second-order valence-corrected chi connectivity index (χ2v) is 5.00. The van der Waals surface area contributed by atoms with E-state index in [0.29, 0.717) is 17.4 Å². The smallest absolute Gasteiger partial charge is 0.335 e. The molecule has 0 aliphatic rings. The number of aromatic carboxylic acids is 1. The van der Waals surface area contributed by atoms with Gasteiger partial charge in [0.15, 0.2) is 11.5 Å². The molecule has 0 aliphatic heterocycles. The second kappa shape index (κ2) is 5.37. The first-order valence-electron chi connectivity index (χ1n) is 5.96. The van der Waals surface area contributed by atoms with Gasteiger partial charge >= 0.3 is 5.97 Å². The highest BCUT2D eigenvalue weighted by Crippen LogP contribution is 2.35. The van der Waals surface area contributed by atoms with Crippen LogP contribution in [0.2, 0.25) is 0 Å². The molecular weight excluding hydrogens is 292 g/mol. The molecule has 106 valence electrons. The van der Waals surface area contributed by atoms with E-state index in [1.165, 1.54) is 36.9 Å². The number of nitrogens with zero attached hydrogens (tertiary/aromatic N) is 2. The molecule has 0 bridgehead atoms. The molecule has 1 N–H and O–H groups in total. The number of methoxy groups -OCH3 is 1. The Labute approximate surface area is 123 Å². The quantitative estimate of drug-likeness (QED) is 0.797. The highest BCUT2D eigenvalue weighted by atomic mass is 32.1. The van der Waals surface area contributed by atoms with Gasteiger partial charge in [-0.1, -0.05) is 0 Å². The molecule has 0 saturated heterocycles. The molecule has 0 atom stereocenters. The molecule has 0 spiro atoms. The summed E-state index contributed by atoms with van der Waals surface area (Å²) < 4.78 is 11.7. The Hall–Kier alpha value is -2.67. The summed E-state index contributed by atoms with van der Waals surface area (Å²) in [6.07, 6.45) is 1.42. The molecule has 6 nitrogen and oxygen atoms in total. The van der Waals surface area contributed by atoms with Crippen molar-refractivity contribution in [1.82, 2.24) is 9.97 Å². The first-order chi connectivity index (χ1) is 10.2. The molecule has 0 radical (unpaired) electrons. The summed E-state index contributed by atoms with van der Waals surface area (Å²) in [5.41, 5.74) is 0.925. The number of aromatic nitrogens is 2. The highest BCUT2D eigenvalue weighted by molar-refractivity contribution is 7.17. The van der Waals surface area contributed by atoms with Gasteiger partial charge in [-0.15, -0.1) is 11.3 Å². The summed E-state index contributed by atoms with van der Waals surface area (Å²) in [5.74, 6) is 0.119. The lowest BCUT2D eigenvalue weighted by atomic mass is 10.2. The maximum Gasteiger partial charge on any atom is 0.335 e. The number of hydrogen-bond donors (Lipinski definition) is 1. The summed E-state index contributed by atoms with van der Waals surface area (Å²) in [6.45, 7) is 0. The van der Waals surface area contributed by atoms with Crippen LogP contribution in [0, 0.1) is 0 Å². The highest BCUT2D eigenvalue weighted by Gasteiger charge is 2.13. The minimum atomic E-state index is -1.03. The van der Waals surface area contributed by atoms with Crippen LogP contribution < -0.4 is 9.47 Å². The van der Waals surface area contributed by atoms with E-state index in [0.717, 1.165) is 10.2 Å². The van der Waals surface area contributed by atoms with Crippen LogP contribution in [0.5, 0.6) is 17.4 Å². The molecule has 7 heteroatoms. The van der Waals surface area contributed by atoms with E-state index in [1.54, 1.807) is 6.07 Å². The van der Waals surface area contributed by atoms with Crippen LogP contribution in [-0.4, -0.2) is 28.2 Å². The molecule has 0 amide bonds. The maximum absolute atomic E-state index is 11.0. The van der Waals surface area contributed by atoms with Gasteiger partial charge in [-0.2, -0.15) is 0 Å². The number of carbonyl (C=O) groups is 1. The summed E-state index contributed by atoms with van der Waals surface area (Å²) >= 11 is 1.47. The van der Waals surface area contributed by atoms with Crippen molar-refractivity contribution in [2.24, 2.45) is 0 Å². The molecule has 0 aliphatic carbocycles. The van der Waals surface area contributed by atoms with Crippen molar-refractivity contribution < 1.29 is 19.4 Å². The average Bonchev–Trinajstić information content (AvgIpc) is 2.97. The van der Waals surface area contributed by atoms with Crippen molar-refractivity contribution in [3.05, 3.63) is 41.5 Å². The van der Waals surface area contributed by atoms with Crippen LogP contribution in [0.15, 0.2) is 36.0 Å². The Morgan fingerprint density at radius 1 is 1.24 bits per heavy atom. The van der Waals surface area contributed by atoms with Gasteiger partial charge in [-0.25, -0.2) is 14.8 Å². The minimum Gasteiger partial charge on any atom is -0.493 e. The molecule has 2 heterocycles. The SMILES string of the molecule is COc1cc(C(=O)O)ccc1Oc1ncnc2ccsc12. The molecule has 1 aromatic carbocycles. The third-order valence-corrected chi connectivity index (χ3v) is 3.72. The number of fused-ring (bicyclic) bond motifs is 1. The van der Waals surface area contributed by atoms with Crippen molar-refractivity contribution in [1.29, 1.82) is 0 Å². The summed E-state index contributed by atoms with van der Waals surface area (Å²) in [6, 6.07) is 6.28. The Kier molecular flexibility index (Phi) is 3.41. The Morgan fingerprint density at radius 2 is 2.10 bits per heavy atom. The molecule has 3 aromatic rings. The number of carboxylic acid groups (broad SMARTS) is 1. The van der Waals surface area contributed by atoms with E-state index in [1.807, 2.05) is 11.4 Å². The van der Waals surface area contributed by atoms with E-state index < -0.39 is 5.97 Å². The van der Waals surface area contributed by atoms with Crippen molar-refractivity contribution >= 4 is 27.5 Å². The van der Waals surface area contributed by atoms with Crippen molar-refractivity contribution in [3.63, 3.8) is 0 Å². The fourth-order valence-corrected chi connectivity index (χ4v) is 2.60. The van der Waals surface area contributed by atoms with E-state index in [4.69, 9.17) is 14.6 Å². The third-order valence-electron chi connectivity index (χ3n) is 2.83. The Morgan fingerprint density at radius 3 is 2.86 bits per heavy atom. The molecular formula is C14H10N2O4S. The fraction of sp³-hybridized carbons (Fsp3) is 0.0714. The lowest BCUT2D eigenvalue weighted by Crippen LogP contribution is -1.99. The standard InChI is InChI=1S/C14H10N2O4S/c1-19-11-6-8(14(17)18)2-3-10(11)20-13-12-9(4-5-21-12)15-7-16-13/h2-7H,1H3,(H,17,18). The number of thiophene rings is 1. The topological polar surface area (TPSA) is 81.5 Å². The van der Waals surface area contributed by atoms with Gasteiger partial charge in [0.05, 0.1) is 18.2 Å². The predicted octanol–water partition coefficient (Wildman–Crippen LogP) is 3.19. The second-order valence-electron chi connectivity index (χ2n) is 4.09. The number of benzene rings is 1. The summed E-state index contributed by atoms with van der Waals surface area (Å²) in [5, 5.41) is 10.9. The molecule has 3 rings (SSSR count). The van der Waals surface area contributed by atoms with Gasteiger partial charge in [-0.3, -0.25) is 0 Å². The van der Waals surface area contributed by atoms with E-state index >= 15 is 0 Å². The van der Waals surface area contributed by atoms with Crippen LogP contribution in [0.3, 0.4) is 0 Å². The number of carboxylic acids is 1. The largest absolute Gasteiger partial charge is 0.493 e. The van der Waals surface area contributed by atoms with Crippen LogP contribution in [0.1, 0.15) is 10.4 Å². The zero-order valence-corrected chi connectivity index (χ0v) is 11.8. The van der Waals surface area contributed by atoms with Gasteiger partial charge in [0.1, 0.15) is 11.0 Å². The fourth-order valence-electron chi connectivity index (χ4n) is 1.83. The predicted molar refractivity (Wildman–Crippen MR) is 77.4 cm³/mol. The van der Waals surface area contributed by atoms with Gasteiger partial charge in [-0.05, 0) is 29.6 Å². The number of ether oxygens (including phenoxy) is 2. The van der Waals surface area contributed by atoms with E-state index in [9.17, 15) is 4.79 Å². The third kappa shape index (κ3) is 2.50. The van der Waals surface area contributed by atoms with Gasteiger partial charge in [0.2, 0.25) is 5.88 Å². The zero-order chi connectivity index (χ0) is 14.8. The van der Waals surface area contributed by atoms with Crippen molar-refractivity contribution in [2.45, 2.75) is 0 Å². The summed E-state index contributed by atoms with van der Waals surface area (Å²) in [4.78, 5) is 19.2. The van der Waals surface area contributed by atoms with Gasteiger partial charge in [0.25, 0.3) is 0 Å². The maximum atomic E-state index is 11.0. The van der Waals surface area contributed by atoms with E-state index in [-0.39, 0.29) is 5.56 Å². The molecule has 21 heavy (non-hydrogen) atoms. The molecule has 0 saturated carbocycles. The Bertz CT molecular complexity index is 816. The summed E-state index contributed by atoms with van der Waals surface area (Å²) in [7, 11) is 1.45. The normalized spacial score (nSPS) is 10.5. The lowest BCUT2D eigenvalue weighted by molar-refractivity contribution is 0.0696. The lowest BCUT2D eigenvalue weighted by Gasteiger charge is -2.10. The molecule has 0 unspecified atom stereocenters. The van der Waals surface area contributed by atoms with E-state index in [2.05, 4.69) is 9.97 Å². The van der Waals surface area contributed by atoms with Gasteiger partial charge in [0, 0.05) is 0 Å². The van der Waals surface area contributed by atoms with Crippen LogP contribution >= 0.6 is 11.3 Å². The van der Waals surface area contributed by atoms with Crippen molar-refractivity contribution in [2.75, 3.05) is 7.11 Å². The van der Waals surface area contributed by atoms with Crippen LogP contribution in [0.25, 0.3) is 10.2 Å². The molecule has 2 aromatic heterocycles. The molecule has 0 fully saturated rings. The average molecular weight is 302 g/mol. The number of rotatable bonds is 4. The first kappa shape index (κ1) is 13.3. The zero-order valence-electron chi connectivity index (χ0n) is 10.9. The minimum absolute atomic E-state index is 0.128. The van der Waals surface area contributed by atoms with Crippen LogP contribution in [-0.2, 0) is 0 Å². The first-order valence-corrected chi connectivity index (χ1v) is 6.84. The van der Waals surface area contributed by atoms with Crippen molar-refractivity contribution in [3.8, 4) is 17.4 Å². The van der Waals surface area contributed by atoms with Gasteiger partial charge < -0.3 is 14.6 Å².